The van der Waals surface area contributed by atoms with Crippen LogP contribution in [0.2, 0.25) is 10.0 Å². The van der Waals surface area contributed by atoms with Crippen LogP contribution < -0.4 is 19.5 Å². The van der Waals surface area contributed by atoms with E-state index >= 15 is 0 Å². The molecule has 0 unspecified atom stereocenters. The highest BCUT2D eigenvalue weighted by molar-refractivity contribution is 6.42. The summed E-state index contributed by atoms with van der Waals surface area (Å²) in [4.78, 5) is 51.1. The summed E-state index contributed by atoms with van der Waals surface area (Å²) in [5.41, 5.74) is 7.95. The molecule has 12 nitrogen and oxygen atoms in total. The quantitative estimate of drug-likeness (QED) is 0.129. The van der Waals surface area contributed by atoms with Gasteiger partial charge in [-0.05, 0) is 96.1 Å². The maximum Gasteiger partial charge on any atom is 0.326 e. The Morgan fingerprint density at radius 2 is 1.70 bits per heavy atom. The highest BCUT2D eigenvalue weighted by atomic mass is 35.5. The number of hydrogen-bond donors (Lipinski definition) is 2. The lowest BCUT2D eigenvalue weighted by molar-refractivity contribution is -0.142. The van der Waals surface area contributed by atoms with Crippen molar-refractivity contribution >= 4 is 41.0 Å². The van der Waals surface area contributed by atoms with Crippen molar-refractivity contribution in [2.24, 2.45) is 0 Å². The van der Waals surface area contributed by atoms with Gasteiger partial charge in [0.2, 0.25) is 5.91 Å². The average Bonchev–Trinajstić information content (AvgIpc) is 3.60. The van der Waals surface area contributed by atoms with Crippen LogP contribution in [0, 0.1) is 27.7 Å². The Balaban J connectivity index is 0.996. The first-order chi connectivity index (χ1) is 29.3. The van der Waals surface area contributed by atoms with Crippen molar-refractivity contribution in [2.45, 2.75) is 71.9 Å². The van der Waals surface area contributed by atoms with Crippen molar-refractivity contribution in [3.8, 4) is 28.4 Å². The molecule has 6 aromatic rings. The fraction of sp³-hybridized carbons (Fsp3) is 0.255. The standard InChI is InChI=1S/C47H42Cl2N4O8/c1-25-26(2)50-17-16-36(25)30-10-8-29(9-11-30)18-38(47(56)57)52-45(54)39-19-33-20-40-41(21-34(33)22-53(39)46(55)44-27(3)60-28(4)51-44)61-42(24-59-40)31-12-14-35(15-13-31)58-23-32-6-5-7-37(48)43(32)49/h5-17,20-21,38-39,42H,18-19,22-24H2,1-4H3,(H,52,54)(H,56,57)/t38-,39-,42+/m0/s1. The summed E-state index contributed by atoms with van der Waals surface area (Å²) < 4.78 is 24.2. The predicted octanol–water partition coefficient (Wildman–Crippen LogP) is 8.75. The summed E-state index contributed by atoms with van der Waals surface area (Å²) in [6.45, 7) is 7.74. The minimum absolute atomic E-state index is 0.0225. The van der Waals surface area contributed by atoms with E-state index in [0.29, 0.717) is 38.9 Å². The van der Waals surface area contributed by atoms with Crippen LogP contribution in [0.5, 0.6) is 17.2 Å². The minimum atomic E-state index is -1.27. The van der Waals surface area contributed by atoms with E-state index in [0.717, 1.165) is 50.2 Å². The monoisotopic (exact) mass is 860 g/mol. The topological polar surface area (TPSA) is 153 Å². The largest absolute Gasteiger partial charge is 0.489 e. The molecule has 2 N–H and O–H groups in total. The number of oxazole rings is 1. The van der Waals surface area contributed by atoms with Crippen LogP contribution in [-0.4, -0.2) is 56.4 Å². The number of nitrogens with one attached hydrogen (secondary N) is 1. The lowest BCUT2D eigenvalue weighted by Crippen LogP contribution is -2.56. The van der Waals surface area contributed by atoms with Crippen molar-refractivity contribution in [3.63, 3.8) is 0 Å². The van der Waals surface area contributed by atoms with Crippen molar-refractivity contribution in [2.75, 3.05) is 6.61 Å². The highest BCUT2D eigenvalue weighted by Gasteiger charge is 2.39. The molecule has 0 radical (unpaired) electrons. The van der Waals surface area contributed by atoms with Gasteiger partial charge < -0.3 is 34.0 Å². The average molecular weight is 862 g/mol. The van der Waals surface area contributed by atoms with Crippen LogP contribution in [0.3, 0.4) is 0 Å². The zero-order chi connectivity index (χ0) is 42.9. The highest BCUT2D eigenvalue weighted by Crippen LogP contribution is 2.41. The molecule has 4 aromatic carbocycles. The number of aryl methyl sites for hydroxylation is 3. The first-order valence-electron chi connectivity index (χ1n) is 19.7. The van der Waals surface area contributed by atoms with Crippen LogP contribution in [0.25, 0.3) is 11.1 Å². The second kappa shape index (κ2) is 17.3. The first-order valence-corrected chi connectivity index (χ1v) is 20.5. The SMILES string of the molecule is Cc1nc(C(=O)N2Cc3cc4c(cc3C[C@H]2C(=O)N[C@@H](Cc2ccc(-c3ccnc(C)c3C)cc2)C(=O)O)OC[C@H](c2ccc(OCc3cccc(Cl)c3Cl)cc2)O4)c(C)o1. The van der Waals surface area contributed by atoms with Crippen LogP contribution >= 0.6 is 23.2 Å². The van der Waals surface area contributed by atoms with E-state index in [1.165, 1.54) is 4.90 Å². The van der Waals surface area contributed by atoms with Gasteiger partial charge in [-0.15, -0.1) is 0 Å². The number of amides is 2. The van der Waals surface area contributed by atoms with E-state index in [4.69, 9.17) is 41.8 Å². The van der Waals surface area contributed by atoms with Gasteiger partial charge in [-0.25, -0.2) is 9.78 Å². The number of carbonyl (C=O) groups is 3. The van der Waals surface area contributed by atoms with E-state index in [1.54, 1.807) is 26.1 Å². The summed E-state index contributed by atoms with van der Waals surface area (Å²) in [5, 5.41) is 13.9. The number of rotatable bonds is 11. The second-order valence-corrected chi connectivity index (χ2v) is 16.0. The van der Waals surface area contributed by atoms with Gasteiger partial charge >= 0.3 is 5.97 Å². The fourth-order valence-corrected chi connectivity index (χ4v) is 8.08. The molecule has 2 amide bonds. The molecule has 0 fully saturated rings. The number of carboxylic acids is 1. The van der Waals surface area contributed by atoms with Gasteiger partial charge in [0.1, 0.15) is 36.8 Å². The van der Waals surface area contributed by atoms with Gasteiger partial charge in [0.25, 0.3) is 5.91 Å². The molecule has 312 valence electrons. The molecule has 0 spiro atoms. The molecule has 4 heterocycles. The number of aliphatic carboxylic acids is 1. The third-order valence-corrected chi connectivity index (χ3v) is 12.0. The van der Waals surface area contributed by atoms with Gasteiger partial charge in [0, 0.05) is 43.8 Å². The Kier molecular flexibility index (Phi) is 11.7. The Labute approximate surface area is 362 Å². The third kappa shape index (κ3) is 8.78. The summed E-state index contributed by atoms with van der Waals surface area (Å²) in [5.74, 6) is -0.0811. The van der Waals surface area contributed by atoms with Gasteiger partial charge in [0.05, 0.1) is 10.0 Å². The number of nitrogens with zero attached hydrogens (tertiary/aromatic N) is 3. The second-order valence-electron chi connectivity index (χ2n) is 15.2. The molecule has 61 heavy (non-hydrogen) atoms. The van der Waals surface area contributed by atoms with Gasteiger partial charge in [-0.2, -0.15) is 0 Å². The van der Waals surface area contributed by atoms with E-state index in [1.807, 2.05) is 92.7 Å². The number of hydrogen-bond acceptors (Lipinski definition) is 9. The molecule has 2 aliphatic rings. The Hall–Kier alpha value is -6.37. The molecule has 0 saturated carbocycles. The minimum Gasteiger partial charge on any atom is -0.489 e. The van der Waals surface area contributed by atoms with Crippen LogP contribution in [0.4, 0.5) is 0 Å². The molecule has 0 aliphatic carbocycles. The molecule has 3 atom stereocenters. The van der Waals surface area contributed by atoms with E-state index in [9.17, 15) is 19.5 Å². The van der Waals surface area contributed by atoms with E-state index in [-0.39, 0.29) is 38.3 Å². The number of carbonyl (C=O) groups excluding carboxylic acids is 2. The normalized spacial score (nSPS) is 16.1. The lowest BCUT2D eigenvalue weighted by Gasteiger charge is -2.37. The molecule has 0 bridgehead atoms. The number of halogens is 2. The summed E-state index contributed by atoms with van der Waals surface area (Å²) in [6, 6.07) is 23.7. The Morgan fingerprint density at radius 3 is 2.43 bits per heavy atom. The fourth-order valence-electron chi connectivity index (χ4n) is 7.70. The number of pyridine rings is 1. The Bertz CT molecular complexity index is 2650. The lowest BCUT2D eigenvalue weighted by atomic mass is 9.91. The van der Waals surface area contributed by atoms with Crippen molar-refractivity contribution in [1.29, 1.82) is 0 Å². The van der Waals surface area contributed by atoms with E-state index < -0.39 is 36.0 Å². The number of benzene rings is 4. The van der Waals surface area contributed by atoms with Crippen molar-refractivity contribution in [1.82, 2.24) is 20.2 Å². The maximum atomic E-state index is 14.2. The van der Waals surface area contributed by atoms with E-state index in [2.05, 4.69) is 15.3 Å². The number of fused-ring (bicyclic) bond motifs is 2. The zero-order valence-electron chi connectivity index (χ0n) is 33.8. The first kappa shape index (κ1) is 41.4. The van der Waals surface area contributed by atoms with Gasteiger partial charge in [0.15, 0.2) is 29.2 Å². The van der Waals surface area contributed by atoms with Gasteiger partial charge in [-0.1, -0.05) is 71.7 Å². The molecule has 14 heteroatoms. The molecular weight excluding hydrogens is 819 g/mol. The molecule has 2 aliphatic heterocycles. The number of ether oxygens (including phenoxy) is 3. The Morgan fingerprint density at radius 1 is 0.951 bits per heavy atom. The van der Waals surface area contributed by atoms with Crippen LogP contribution in [0.15, 0.2) is 95.5 Å². The van der Waals surface area contributed by atoms with Crippen LogP contribution in [-0.2, 0) is 35.6 Å². The third-order valence-electron chi connectivity index (χ3n) is 11.2. The van der Waals surface area contributed by atoms with Crippen molar-refractivity contribution in [3.05, 3.63) is 158 Å². The van der Waals surface area contributed by atoms with Crippen LogP contribution in [0.1, 0.15) is 67.3 Å². The maximum absolute atomic E-state index is 14.2. The summed E-state index contributed by atoms with van der Waals surface area (Å²) in [7, 11) is 0. The molecular formula is C47H42Cl2N4O8. The summed E-state index contributed by atoms with van der Waals surface area (Å²) in [6.07, 6.45) is 1.45. The molecule has 2 aromatic heterocycles. The summed E-state index contributed by atoms with van der Waals surface area (Å²) >= 11 is 12.5. The predicted molar refractivity (Wildman–Crippen MR) is 228 cm³/mol. The smallest absolute Gasteiger partial charge is 0.326 e. The number of carboxylic acid groups (broad SMARTS) is 1. The number of aromatic nitrogens is 2. The zero-order valence-corrected chi connectivity index (χ0v) is 35.3. The van der Waals surface area contributed by atoms with Crippen molar-refractivity contribution < 1.29 is 38.1 Å². The molecule has 8 rings (SSSR count). The van der Waals surface area contributed by atoms with Gasteiger partial charge in [-0.3, -0.25) is 14.6 Å². The molecule has 0 saturated heterocycles.